The lowest BCUT2D eigenvalue weighted by Crippen LogP contribution is -2.50. The van der Waals surface area contributed by atoms with Crippen LogP contribution in [0.1, 0.15) is 6.42 Å². The summed E-state index contributed by atoms with van der Waals surface area (Å²) in [6.45, 7) is 0.770. The maximum atomic E-state index is 11.2. The van der Waals surface area contributed by atoms with E-state index in [0.29, 0.717) is 6.42 Å². The minimum atomic E-state index is 0.0729. The summed E-state index contributed by atoms with van der Waals surface area (Å²) in [6, 6.07) is 0. The summed E-state index contributed by atoms with van der Waals surface area (Å²) in [5, 5.41) is 3.34. The number of hydrazine groups is 2. The van der Waals surface area contributed by atoms with Gasteiger partial charge >= 0.3 is 0 Å². The van der Waals surface area contributed by atoms with E-state index in [2.05, 4.69) is 5.43 Å². The molecule has 1 aliphatic heterocycles. The Morgan fingerprint density at radius 1 is 1.55 bits per heavy atom. The fourth-order valence-corrected chi connectivity index (χ4v) is 1.07. The minimum absolute atomic E-state index is 0.0729. The van der Waals surface area contributed by atoms with E-state index in [1.165, 1.54) is 5.12 Å². The Hall–Kier alpha value is -0.870. The molecule has 0 aromatic rings. The molecule has 11 heavy (non-hydrogen) atoms. The molecule has 0 fully saturated rings. The normalized spacial score (nSPS) is 20.5. The van der Waals surface area contributed by atoms with Crippen molar-refractivity contribution in [1.82, 2.24) is 15.6 Å². The quantitative estimate of drug-likeness (QED) is 0.531. The Balaban J connectivity index is 2.66. The topological polar surface area (TPSA) is 35.6 Å². The van der Waals surface area contributed by atoms with Crippen LogP contribution >= 0.6 is 0 Å². The number of likely N-dealkylation sites (N-methyl/N-ethyl adjacent to an activating group) is 1. The van der Waals surface area contributed by atoms with Gasteiger partial charge in [-0.25, -0.2) is 15.6 Å². The summed E-state index contributed by atoms with van der Waals surface area (Å²) in [5.74, 6) is 0.0729. The average molecular weight is 155 g/mol. The van der Waals surface area contributed by atoms with Crippen LogP contribution < -0.4 is 5.43 Å². The largest absolute Gasteiger partial charge is 0.272 e. The maximum absolute atomic E-state index is 11.2. The summed E-state index contributed by atoms with van der Waals surface area (Å²) >= 11 is 0. The monoisotopic (exact) mass is 155 g/mol. The van der Waals surface area contributed by atoms with Gasteiger partial charge < -0.3 is 0 Å². The summed E-state index contributed by atoms with van der Waals surface area (Å²) in [4.78, 5) is 11.2. The van der Waals surface area contributed by atoms with Crippen LogP contribution in [0.5, 0.6) is 0 Å². The van der Waals surface area contributed by atoms with Crippen molar-refractivity contribution in [3.63, 3.8) is 0 Å². The third-order valence-electron chi connectivity index (χ3n) is 1.62. The molecule has 1 amide bonds. The number of carbonyl (C=O) groups excluding carboxylic acids is 1. The SMILES string of the molecule is CNN1C(=O)CC=CCN1C. The third kappa shape index (κ3) is 1.78. The van der Waals surface area contributed by atoms with Gasteiger partial charge in [0.2, 0.25) is 0 Å². The first-order chi connectivity index (χ1) is 5.25. The summed E-state index contributed by atoms with van der Waals surface area (Å²) in [6.07, 6.45) is 4.34. The molecule has 0 spiro atoms. The van der Waals surface area contributed by atoms with Gasteiger partial charge in [0.15, 0.2) is 0 Å². The molecule has 1 heterocycles. The first-order valence-electron chi connectivity index (χ1n) is 3.62. The lowest BCUT2D eigenvalue weighted by Gasteiger charge is -2.28. The Labute approximate surface area is 66.4 Å². The van der Waals surface area contributed by atoms with Crippen molar-refractivity contribution in [1.29, 1.82) is 0 Å². The second kappa shape index (κ2) is 3.50. The maximum Gasteiger partial charge on any atom is 0.255 e. The third-order valence-corrected chi connectivity index (χ3v) is 1.62. The second-order valence-corrected chi connectivity index (χ2v) is 2.44. The number of hydrogen-bond acceptors (Lipinski definition) is 3. The first-order valence-corrected chi connectivity index (χ1v) is 3.62. The number of nitrogens with one attached hydrogen (secondary N) is 1. The zero-order valence-electron chi connectivity index (χ0n) is 6.87. The van der Waals surface area contributed by atoms with Crippen LogP contribution in [0.15, 0.2) is 12.2 Å². The molecule has 0 aromatic carbocycles. The molecule has 4 nitrogen and oxygen atoms in total. The highest BCUT2D eigenvalue weighted by molar-refractivity contribution is 5.77. The van der Waals surface area contributed by atoms with Crippen LogP contribution in [-0.4, -0.2) is 36.7 Å². The highest BCUT2D eigenvalue weighted by atomic mass is 16.2. The van der Waals surface area contributed by atoms with Gasteiger partial charge in [-0.3, -0.25) is 4.79 Å². The Bertz CT molecular complexity index is 179. The number of rotatable bonds is 1. The molecule has 0 aliphatic carbocycles. The predicted molar refractivity (Wildman–Crippen MR) is 42.3 cm³/mol. The molecule has 62 valence electrons. The molecule has 4 heteroatoms. The lowest BCUT2D eigenvalue weighted by molar-refractivity contribution is -0.150. The van der Waals surface area contributed by atoms with E-state index in [9.17, 15) is 4.79 Å². The van der Waals surface area contributed by atoms with Gasteiger partial charge in [0, 0.05) is 27.1 Å². The molecule has 0 saturated heterocycles. The van der Waals surface area contributed by atoms with Crippen LogP contribution in [-0.2, 0) is 4.79 Å². The van der Waals surface area contributed by atoms with Gasteiger partial charge in [-0.15, -0.1) is 0 Å². The zero-order chi connectivity index (χ0) is 8.27. The molecule has 0 saturated carbocycles. The molecule has 1 rings (SSSR count). The van der Waals surface area contributed by atoms with Crippen LogP contribution in [0.3, 0.4) is 0 Å². The summed E-state index contributed by atoms with van der Waals surface area (Å²) in [7, 11) is 3.60. The van der Waals surface area contributed by atoms with Gasteiger partial charge in [-0.2, -0.15) is 0 Å². The molecule has 0 bridgehead atoms. The van der Waals surface area contributed by atoms with Crippen molar-refractivity contribution >= 4 is 5.91 Å². The van der Waals surface area contributed by atoms with E-state index in [1.54, 1.807) is 7.05 Å². The average Bonchev–Trinajstić information content (AvgIpc) is 2.12. The lowest BCUT2D eigenvalue weighted by atomic mass is 10.4. The Kier molecular flexibility index (Phi) is 2.62. The van der Waals surface area contributed by atoms with Crippen LogP contribution in [0, 0.1) is 0 Å². The van der Waals surface area contributed by atoms with Crippen LogP contribution in [0.2, 0.25) is 0 Å². The van der Waals surface area contributed by atoms with E-state index >= 15 is 0 Å². The molecule has 0 unspecified atom stereocenters. The molecule has 0 radical (unpaired) electrons. The molecular formula is C7H13N3O. The molecular weight excluding hydrogens is 142 g/mol. The summed E-state index contributed by atoms with van der Waals surface area (Å²) in [5.41, 5.74) is 2.81. The first kappa shape index (κ1) is 8.23. The van der Waals surface area contributed by atoms with Gasteiger partial charge in [-0.1, -0.05) is 12.2 Å². The van der Waals surface area contributed by atoms with Crippen molar-refractivity contribution in [2.24, 2.45) is 0 Å². The highest BCUT2D eigenvalue weighted by Crippen LogP contribution is 2.00. The van der Waals surface area contributed by atoms with E-state index in [0.717, 1.165) is 6.54 Å². The van der Waals surface area contributed by atoms with Crippen molar-refractivity contribution in [2.45, 2.75) is 6.42 Å². The van der Waals surface area contributed by atoms with Gasteiger partial charge in [0.1, 0.15) is 0 Å². The minimum Gasteiger partial charge on any atom is -0.272 e. The smallest absolute Gasteiger partial charge is 0.255 e. The number of carbonyl (C=O) groups is 1. The van der Waals surface area contributed by atoms with Crippen LogP contribution in [0.25, 0.3) is 0 Å². The van der Waals surface area contributed by atoms with Crippen LogP contribution in [0.4, 0.5) is 0 Å². The number of nitrogens with zero attached hydrogens (tertiary/aromatic N) is 2. The number of hydrogen-bond donors (Lipinski definition) is 1. The molecule has 1 N–H and O–H groups in total. The van der Waals surface area contributed by atoms with E-state index in [-0.39, 0.29) is 5.91 Å². The summed E-state index contributed by atoms with van der Waals surface area (Å²) < 4.78 is 0. The van der Waals surface area contributed by atoms with Crippen molar-refractivity contribution in [3.8, 4) is 0 Å². The Morgan fingerprint density at radius 3 is 2.91 bits per heavy atom. The van der Waals surface area contributed by atoms with Gasteiger partial charge in [-0.05, 0) is 0 Å². The van der Waals surface area contributed by atoms with E-state index < -0.39 is 0 Å². The second-order valence-electron chi connectivity index (χ2n) is 2.44. The van der Waals surface area contributed by atoms with Crippen molar-refractivity contribution < 1.29 is 4.79 Å². The van der Waals surface area contributed by atoms with Gasteiger partial charge in [0.05, 0.1) is 0 Å². The standard InChI is InChI=1S/C7H13N3O/c1-8-10-7(11)5-3-4-6-9(10)2/h3-4,8H,5-6H2,1-2H3. The van der Waals surface area contributed by atoms with Crippen molar-refractivity contribution in [3.05, 3.63) is 12.2 Å². The van der Waals surface area contributed by atoms with Crippen molar-refractivity contribution in [2.75, 3.05) is 20.6 Å². The fraction of sp³-hybridized carbons (Fsp3) is 0.571. The van der Waals surface area contributed by atoms with E-state index in [4.69, 9.17) is 0 Å². The zero-order valence-corrected chi connectivity index (χ0v) is 6.87. The molecule has 0 atom stereocenters. The number of amides is 1. The predicted octanol–water partition coefficient (Wildman–Crippen LogP) is -0.244. The highest BCUT2D eigenvalue weighted by Gasteiger charge is 2.16. The fourth-order valence-electron chi connectivity index (χ4n) is 1.07. The van der Waals surface area contributed by atoms with Gasteiger partial charge in [0.25, 0.3) is 5.91 Å². The Morgan fingerprint density at radius 2 is 2.27 bits per heavy atom. The molecule has 0 aromatic heterocycles. The molecule has 1 aliphatic rings. The van der Waals surface area contributed by atoms with E-state index in [1.807, 2.05) is 24.2 Å².